The normalized spacial score (nSPS) is 10.3. The lowest BCUT2D eigenvalue weighted by Crippen LogP contribution is -2.08. The molecule has 2 rings (SSSR count). The summed E-state index contributed by atoms with van der Waals surface area (Å²) in [4.78, 5) is 23.2. The number of ether oxygens (including phenoxy) is 4. The Bertz CT molecular complexity index is 826. The molecule has 32 heavy (non-hydrogen) atoms. The van der Waals surface area contributed by atoms with Gasteiger partial charge >= 0.3 is 11.9 Å². The van der Waals surface area contributed by atoms with E-state index >= 15 is 0 Å². The topological polar surface area (TPSA) is 71.1 Å². The maximum atomic E-state index is 12.2. The summed E-state index contributed by atoms with van der Waals surface area (Å²) in [6, 6.07) is 13.8. The first kappa shape index (κ1) is 25.0. The van der Waals surface area contributed by atoms with Crippen LogP contribution in [0.25, 0.3) is 0 Å². The molecule has 0 aliphatic carbocycles. The Hall–Kier alpha value is -3.28. The Labute approximate surface area is 190 Å². The van der Waals surface area contributed by atoms with Crippen molar-refractivity contribution in [3.63, 3.8) is 0 Å². The number of carbonyl (C=O) groups is 2. The van der Waals surface area contributed by atoms with Gasteiger partial charge in [0.1, 0.15) is 17.2 Å². The zero-order valence-electron chi connectivity index (χ0n) is 18.7. The molecule has 2 aromatic rings. The molecule has 0 aliphatic rings. The van der Waals surface area contributed by atoms with Gasteiger partial charge in [-0.2, -0.15) is 0 Å². The van der Waals surface area contributed by atoms with Crippen LogP contribution in [0.15, 0.2) is 61.2 Å². The molecule has 0 unspecified atom stereocenters. The number of esters is 2. The summed E-state index contributed by atoms with van der Waals surface area (Å²) in [7, 11) is 1.58. The van der Waals surface area contributed by atoms with Crippen molar-refractivity contribution in [1.29, 1.82) is 0 Å². The summed E-state index contributed by atoms with van der Waals surface area (Å²) in [5.41, 5.74) is 0.465. The zero-order chi connectivity index (χ0) is 23.0. The zero-order valence-corrected chi connectivity index (χ0v) is 18.7. The third-order valence-corrected chi connectivity index (χ3v) is 4.83. The van der Waals surface area contributed by atoms with Crippen LogP contribution in [0, 0.1) is 0 Å². The second-order valence-corrected chi connectivity index (χ2v) is 7.28. The van der Waals surface area contributed by atoms with E-state index in [1.54, 1.807) is 55.6 Å². The number of unbranched alkanes of at least 4 members (excludes halogenated alkanes) is 6. The molecule has 0 bridgehead atoms. The van der Waals surface area contributed by atoms with Crippen LogP contribution < -0.4 is 14.2 Å². The maximum Gasteiger partial charge on any atom is 0.343 e. The highest BCUT2D eigenvalue weighted by atomic mass is 16.5. The summed E-state index contributed by atoms with van der Waals surface area (Å²) < 4.78 is 21.1. The molecule has 0 amide bonds. The summed E-state index contributed by atoms with van der Waals surface area (Å²) >= 11 is 0. The van der Waals surface area contributed by atoms with E-state index in [-0.39, 0.29) is 5.97 Å². The molecule has 172 valence electrons. The maximum absolute atomic E-state index is 12.2. The lowest BCUT2D eigenvalue weighted by Gasteiger charge is -2.08. The highest BCUT2D eigenvalue weighted by Gasteiger charge is 2.09. The van der Waals surface area contributed by atoms with Crippen molar-refractivity contribution in [2.24, 2.45) is 0 Å². The van der Waals surface area contributed by atoms with Crippen LogP contribution in [0.5, 0.6) is 17.2 Å². The van der Waals surface area contributed by atoms with Gasteiger partial charge in [-0.25, -0.2) is 9.59 Å². The Balaban J connectivity index is 1.54. The molecule has 0 radical (unpaired) electrons. The van der Waals surface area contributed by atoms with E-state index < -0.39 is 5.97 Å². The molecule has 6 heteroatoms. The SMILES string of the molecule is C=CC(=O)OCCCCCCCCCOc1ccc(C(=O)Oc2ccc(OC)cc2)cc1. The minimum Gasteiger partial charge on any atom is -0.497 e. The van der Waals surface area contributed by atoms with Crippen molar-refractivity contribution in [3.05, 3.63) is 66.7 Å². The fourth-order valence-corrected chi connectivity index (χ4v) is 3.01. The molecule has 0 spiro atoms. The molecule has 6 nitrogen and oxygen atoms in total. The fourth-order valence-electron chi connectivity index (χ4n) is 3.01. The van der Waals surface area contributed by atoms with E-state index in [4.69, 9.17) is 18.9 Å². The van der Waals surface area contributed by atoms with Crippen molar-refractivity contribution >= 4 is 11.9 Å². The first-order valence-corrected chi connectivity index (χ1v) is 11.0. The molecular formula is C26H32O6. The van der Waals surface area contributed by atoms with Gasteiger partial charge in [-0.3, -0.25) is 0 Å². The Kier molecular flexibility index (Phi) is 11.5. The van der Waals surface area contributed by atoms with Crippen molar-refractivity contribution in [2.75, 3.05) is 20.3 Å². The summed E-state index contributed by atoms with van der Waals surface area (Å²) in [5, 5.41) is 0. The van der Waals surface area contributed by atoms with Gasteiger partial charge in [0, 0.05) is 6.08 Å². The average molecular weight is 441 g/mol. The lowest BCUT2D eigenvalue weighted by molar-refractivity contribution is -0.137. The number of hydrogen-bond acceptors (Lipinski definition) is 6. The van der Waals surface area contributed by atoms with Gasteiger partial charge in [0.15, 0.2) is 0 Å². The van der Waals surface area contributed by atoms with Crippen LogP contribution in [0.2, 0.25) is 0 Å². The Morgan fingerprint density at radius 3 is 1.88 bits per heavy atom. The van der Waals surface area contributed by atoms with Crippen LogP contribution in [0.1, 0.15) is 55.3 Å². The van der Waals surface area contributed by atoms with Crippen LogP contribution in [0.3, 0.4) is 0 Å². The number of rotatable bonds is 15. The quantitative estimate of drug-likeness (QED) is 0.152. The van der Waals surface area contributed by atoms with Gasteiger partial charge in [0.25, 0.3) is 0 Å². The van der Waals surface area contributed by atoms with E-state index in [2.05, 4.69) is 6.58 Å². The predicted molar refractivity (Wildman–Crippen MR) is 123 cm³/mol. The second kappa shape index (κ2) is 14.7. The first-order valence-electron chi connectivity index (χ1n) is 11.0. The molecule has 0 fully saturated rings. The van der Waals surface area contributed by atoms with Crippen LogP contribution in [-0.2, 0) is 9.53 Å². The predicted octanol–water partition coefficient (Wildman–Crippen LogP) is 5.75. The number of hydrogen-bond donors (Lipinski definition) is 0. The summed E-state index contributed by atoms with van der Waals surface area (Å²) in [6.45, 7) is 4.48. The number of benzene rings is 2. The van der Waals surface area contributed by atoms with Gasteiger partial charge in [-0.15, -0.1) is 0 Å². The minimum atomic E-state index is -0.416. The monoisotopic (exact) mass is 440 g/mol. The smallest absolute Gasteiger partial charge is 0.343 e. The molecule has 0 N–H and O–H groups in total. The molecule has 2 aromatic carbocycles. The van der Waals surface area contributed by atoms with Gasteiger partial charge in [0.05, 0.1) is 25.9 Å². The molecule has 0 aromatic heterocycles. The van der Waals surface area contributed by atoms with Gasteiger partial charge in [-0.05, 0) is 61.4 Å². The molecule has 0 heterocycles. The Morgan fingerprint density at radius 2 is 1.28 bits per heavy atom. The number of carbonyl (C=O) groups excluding carboxylic acids is 2. The second-order valence-electron chi connectivity index (χ2n) is 7.28. The lowest BCUT2D eigenvalue weighted by atomic mass is 10.1. The van der Waals surface area contributed by atoms with E-state index in [0.29, 0.717) is 30.3 Å². The standard InChI is InChI=1S/C26H32O6/c1-3-25(27)31-20-10-8-6-4-5-7-9-19-30-23-13-11-21(12-14-23)26(28)32-24-17-15-22(29-2)16-18-24/h3,11-18H,1,4-10,19-20H2,2H3. The van der Waals surface area contributed by atoms with E-state index in [9.17, 15) is 9.59 Å². The third-order valence-electron chi connectivity index (χ3n) is 4.83. The van der Waals surface area contributed by atoms with Gasteiger partial charge < -0.3 is 18.9 Å². The Morgan fingerprint density at radius 1 is 0.750 bits per heavy atom. The van der Waals surface area contributed by atoms with Crippen molar-refractivity contribution in [2.45, 2.75) is 44.9 Å². The van der Waals surface area contributed by atoms with Gasteiger partial charge in [-0.1, -0.05) is 38.7 Å². The highest BCUT2D eigenvalue weighted by molar-refractivity contribution is 5.91. The molecule has 0 aliphatic heterocycles. The number of methoxy groups -OCH3 is 1. The van der Waals surface area contributed by atoms with Crippen LogP contribution >= 0.6 is 0 Å². The largest absolute Gasteiger partial charge is 0.497 e. The van der Waals surface area contributed by atoms with Crippen molar-refractivity contribution in [1.82, 2.24) is 0 Å². The van der Waals surface area contributed by atoms with Crippen LogP contribution in [0.4, 0.5) is 0 Å². The molecule has 0 atom stereocenters. The summed E-state index contributed by atoms with van der Waals surface area (Å²) in [5.74, 6) is 1.14. The van der Waals surface area contributed by atoms with Crippen molar-refractivity contribution in [3.8, 4) is 17.2 Å². The average Bonchev–Trinajstić information content (AvgIpc) is 2.83. The first-order chi connectivity index (χ1) is 15.6. The van der Waals surface area contributed by atoms with Crippen molar-refractivity contribution < 1.29 is 28.5 Å². The summed E-state index contributed by atoms with van der Waals surface area (Å²) in [6.07, 6.45) is 8.71. The molecule has 0 saturated carbocycles. The van der Waals surface area contributed by atoms with E-state index in [1.165, 1.54) is 12.5 Å². The fraction of sp³-hybridized carbons (Fsp3) is 0.385. The third kappa shape index (κ3) is 9.69. The van der Waals surface area contributed by atoms with Gasteiger partial charge in [0.2, 0.25) is 0 Å². The highest BCUT2D eigenvalue weighted by Crippen LogP contribution is 2.19. The van der Waals surface area contributed by atoms with E-state index in [0.717, 1.165) is 44.3 Å². The molecular weight excluding hydrogens is 408 g/mol. The minimum absolute atomic E-state index is 0.354. The van der Waals surface area contributed by atoms with Crippen LogP contribution in [-0.4, -0.2) is 32.3 Å². The molecule has 0 saturated heterocycles. The van der Waals surface area contributed by atoms with E-state index in [1.807, 2.05) is 0 Å².